The Morgan fingerprint density at radius 3 is 2.53 bits per heavy atom. The van der Waals surface area contributed by atoms with Crippen LogP contribution in [0.4, 0.5) is 11.5 Å². The molecule has 0 unspecified atom stereocenters. The predicted octanol–water partition coefficient (Wildman–Crippen LogP) is 5.03. The van der Waals surface area contributed by atoms with Crippen LogP contribution in [0.1, 0.15) is 30.1 Å². The molecule has 1 aliphatic heterocycles. The summed E-state index contributed by atoms with van der Waals surface area (Å²) in [6, 6.07) is 15.1. The Hall–Kier alpha value is -2.58. The standard InChI is InChI=1S/C22H21BrN4O2S/c1-14(28)16-3-2-4-17(13-16)24-22(29)15-9-11-27(12-10-15)21-8-5-18(25-26-21)19-6-7-20(23)30-19/h2-8,13,15H,9-12H2,1H3,(H,24,29). The molecule has 1 amide bonds. The summed E-state index contributed by atoms with van der Waals surface area (Å²) in [4.78, 5) is 27.4. The Morgan fingerprint density at radius 2 is 1.90 bits per heavy atom. The lowest BCUT2D eigenvalue weighted by molar-refractivity contribution is -0.120. The SMILES string of the molecule is CC(=O)c1cccc(NC(=O)C2CCN(c3ccc(-c4ccc(Br)s4)nn3)CC2)c1. The van der Waals surface area contributed by atoms with E-state index in [1.165, 1.54) is 6.92 Å². The Labute approximate surface area is 187 Å². The van der Waals surface area contributed by atoms with Crippen molar-refractivity contribution in [2.24, 2.45) is 5.92 Å². The molecule has 30 heavy (non-hydrogen) atoms. The third-order valence-corrected chi connectivity index (χ3v) is 6.85. The molecule has 3 aromatic rings. The van der Waals surface area contributed by atoms with Gasteiger partial charge in [-0.05, 0) is 72.1 Å². The highest BCUT2D eigenvalue weighted by atomic mass is 79.9. The zero-order valence-corrected chi connectivity index (χ0v) is 18.9. The van der Waals surface area contributed by atoms with Crippen molar-refractivity contribution in [2.45, 2.75) is 19.8 Å². The van der Waals surface area contributed by atoms with E-state index in [1.54, 1.807) is 29.5 Å². The van der Waals surface area contributed by atoms with Gasteiger partial charge in [0.15, 0.2) is 11.6 Å². The van der Waals surface area contributed by atoms with E-state index >= 15 is 0 Å². The van der Waals surface area contributed by atoms with Gasteiger partial charge >= 0.3 is 0 Å². The van der Waals surface area contributed by atoms with Gasteiger partial charge in [-0.25, -0.2) is 0 Å². The third-order valence-electron chi connectivity index (χ3n) is 5.20. The lowest BCUT2D eigenvalue weighted by Crippen LogP contribution is -2.38. The monoisotopic (exact) mass is 484 g/mol. The number of carbonyl (C=O) groups is 2. The van der Waals surface area contributed by atoms with E-state index in [4.69, 9.17) is 0 Å². The summed E-state index contributed by atoms with van der Waals surface area (Å²) in [5, 5.41) is 11.7. The molecule has 1 aromatic carbocycles. The number of thiophene rings is 1. The second kappa shape index (κ2) is 9.06. The minimum atomic E-state index is -0.0575. The number of nitrogens with one attached hydrogen (secondary N) is 1. The fourth-order valence-electron chi connectivity index (χ4n) is 3.51. The molecule has 0 saturated carbocycles. The number of amides is 1. The zero-order valence-electron chi connectivity index (χ0n) is 16.5. The van der Waals surface area contributed by atoms with Crippen molar-refractivity contribution in [3.63, 3.8) is 0 Å². The van der Waals surface area contributed by atoms with Gasteiger partial charge in [0.05, 0.1) is 8.66 Å². The molecule has 1 N–H and O–H groups in total. The van der Waals surface area contributed by atoms with Gasteiger partial charge < -0.3 is 10.2 Å². The number of ketones is 1. The number of hydrogen-bond donors (Lipinski definition) is 1. The van der Waals surface area contributed by atoms with E-state index in [2.05, 4.69) is 36.3 Å². The quantitative estimate of drug-likeness (QED) is 0.514. The van der Waals surface area contributed by atoms with Crippen molar-refractivity contribution in [1.82, 2.24) is 10.2 Å². The average molecular weight is 485 g/mol. The van der Waals surface area contributed by atoms with Gasteiger partial charge in [-0.1, -0.05) is 12.1 Å². The summed E-state index contributed by atoms with van der Waals surface area (Å²) in [5.74, 6) is 0.763. The van der Waals surface area contributed by atoms with Crippen LogP contribution in [0.2, 0.25) is 0 Å². The maximum Gasteiger partial charge on any atom is 0.227 e. The van der Waals surface area contributed by atoms with Gasteiger partial charge in [0, 0.05) is 30.3 Å². The summed E-state index contributed by atoms with van der Waals surface area (Å²) >= 11 is 5.09. The number of halogens is 1. The van der Waals surface area contributed by atoms with Crippen LogP contribution < -0.4 is 10.2 Å². The number of nitrogens with zero attached hydrogens (tertiary/aromatic N) is 3. The topological polar surface area (TPSA) is 75.2 Å². The first kappa shape index (κ1) is 20.7. The molecular weight excluding hydrogens is 464 g/mol. The van der Waals surface area contributed by atoms with Crippen LogP contribution in [0, 0.1) is 5.92 Å². The Kier molecular flexibility index (Phi) is 6.24. The molecule has 1 fully saturated rings. The molecular formula is C22H21BrN4O2S. The first-order valence-corrected chi connectivity index (χ1v) is 11.4. The molecule has 154 valence electrons. The van der Waals surface area contributed by atoms with Crippen molar-refractivity contribution < 1.29 is 9.59 Å². The molecule has 2 aromatic heterocycles. The first-order valence-electron chi connectivity index (χ1n) is 9.76. The molecule has 3 heterocycles. The smallest absolute Gasteiger partial charge is 0.227 e. The van der Waals surface area contributed by atoms with Crippen molar-refractivity contribution >= 4 is 50.5 Å². The second-order valence-corrected chi connectivity index (χ2v) is 9.73. The van der Waals surface area contributed by atoms with Crippen molar-refractivity contribution in [2.75, 3.05) is 23.3 Å². The van der Waals surface area contributed by atoms with Gasteiger partial charge in [0.2, 0.25) is 5.91 Å². The van der Waals surface area contributed by atoms with Crippen molar-refractivity contribution in [3.8, 4) is 10.6 Å². The van der Waals surface area contributed by atoms with Crippen LogP contribution >= 0.6 is 27.3 Å². The molecule has 8 heteroatoms. The minimum absolute atomic E-state index is 0.0000523. The molecule has 0 bridgehead atoms. The number of carbonyl (C=O) groups excluding carboxylic acids is 2. The summed E-state index contributed by atoms with van der Waals surface area (Å²) in [7, 11) is 0. The lowest BCUT2D eigenvalue weighted by Gasteiger charge is -2.31. The van der Waals surface area contributed by atoms with Gasteiger partial charge in [0.1, 0.15) is 5.69 Å². The third kappa shape index (κ3) is 4.76. The fourth-order valence-corrected chi connectivity index (χ4v) is 4.86. The van der Waals surface area contributed by atoms with Gasteiger partial charge in [-0.2, -0.15) is 0 Å². The maximum absolute atomic E-state index is 12.7. The minimum Gasteiger partial charge on any atom is -0.355 e. The molecule has 1 aliphatic rings. The first-order chi connectivity index (χ1) is 14.5. The van der Waals surface area contributed by atoms with E-state index in [1.807, 2.05) is 30.3 Å². The Morgan fingerprint density at radius 1 is 1.10 bits per heavy atom. The highest BCUT2D eigenvalue weighted by Crippen LogP contribution is 2.30. The van der Waals surface area contributed by atoms with Gasteiger partial charge in [-0.3, -0.25) is 9.59 Å². The zero-order chi connectivity index (χ0) is 21.1. The number of rotatable bonds is 5. The molecule has 6 nitrogen and oxygen atoms in total. The van der Waals surface area contributed by atoms with Crippen LogP contribution in [0.15, 0.2) is 52.3 Å². The van der Waals surface area contributed by atoms with E-state index < -0.39 is 0 Å². The number of anilines is 2. The molecule has 0 spiro atoms. The van der Waals surface area contributed by atoms with Crippen LogP contribution in [-0.2, 0) is 4.79 Å². The van der Waals surface area contributed by atoms with Crippen molar-refractivity contribution in [3.05, 3.63) is 57.9 Å². The summed E-state index contributed by atoms with van der Waals surface area (Å²) in [6.07, 6.45) is 1.50. The molecule has 0 aliphatic carbocycles. The number of hydrogen-bond acceptors (Lipinski definition) is 6. The van der Waals surface area contributed by atoms with Crippen LogP contribution in [0.5, 0.6) is 0 Å². The lowest BCUT2D eigenvalue weighted by atomic mass is 9.95. The summed E-state index contributed by atoms with van der Waals surface area (Å²) < 4.78 is 1.07. The predicted molar refractivity (Wildman–Crippen MR) is 123 cm³/mol. The molecule has 0 atom stereocenters. The van der Waals surface area contributed by atoms with E-state index in [-0.39, 0.29) is 17.6 Å². The number of piperidine rings is 1. The van der Waals surface area contributed by atoms with Crippen LogP contribution in [0.3, 0.4) is 0 Å². The van der Waals surface area contributed by atoms with Crippen LogP contribution in [0.25, 0.3) is 10.6 Å². The second-order valence-electron chi connectivity index (χ2n) is 7.27. The van der Waals surface area contributed by atoms with E-state index in [9.17, 15) is 9.59 Å². The molecule has 1 saturated heterocycles. The normalized spacial score (nSPS) is 14.5. The Bertz CT molecular complexity index is 1060. The Balaban J connectivity index is 1.34. The highest BCUT2D eigenvalue weighted by Gasteiger charge is 2.26. The average Bonchev–Trinajstić information content (AvgIpc) is 3.20. The van der Waals surface area contributed by atoms with E-state index in [0.29, 0.717) is 11.3 Å². The summed E-state index contributed by atoms with van der Waals surface area (Å²) in [5.41, 5.74) is 2.12. The van der Waals surface area contributed by atoms with E-state index in [0.717, 1.165) is 46.1 Å². The number of aromatic nitrogens is 2. The van der Waals surface area contributed by atoms with Gasteiger partial charge in [0.25, 0.3) is 0 Å². The molecule has 0 radical (unpaired) electrons. The largest absolute Gasteiger partial charge is 0.355 e. The maximum atomic E-state index is 12.7. The van der Waals surface area contributed by atoms with Gasteiger partial charge in [-0.15, -0.1) is 21.5 Å². The number of Topliss-reactive ketones (excluding diaryl/α,β-unsaturated/α-hetero) is 1. The fraction of sp³-hybridized carbons (Fsp3) is 0.273. The highest BCUT2D eigenvalue weighted by molar-refractivity contribution is 9.11. The summed E-state index contributed by atoms with van der Waals surface area (Å²) in [6.45, 7) is 3.03. The van der Waals surface area contributed by atoms with Crippen LogP contribution in [-0.4, -0.2) is 35.0 Å². The van der Waals surface area contributed by atoms with Crippen molar-refractivity contribution in [1.29, 1.82) is 0 Å². The molecule has 4 rings (SSSR count). The number of benzene rings is 1.